The predicted octanol–water partition coefficient (Wildman–Crippen LogP) is 4.02. The first-order valence-corrected chi connectivity index (χ1v) is 9.66. The molecule has 2 aromatic rings. The number of hydrogen-bond donors (Lipinski definition) is 0. The number of carbonyl (C=O) groups is 1. The molecule has 0 N–H and O–H groups in total. The summed E-state index contributed by atoms with van der Waals surface area (Å²) in [6.45, 7) is -0.588. The van der Waals surface area contributed by atoms with Crippen molar-refractivity contribution in [2.75, 3.05) is 25.1 Å². The zero-order chi connectivity index (χ0) is 19.5. The molecule has 0 saturated carbocycles. The predicted molar refractivity (Wildman–Crippen MR) is 101 cm³/mol. The molecule has 0 bridgehead atoms. The molecule has 0 unspecified atom stereocenters. The summed E-state index contributed by atoms with van der Waals surface area (Å²) in [4.78, 5) is 11.7. The third kappa shape index (κ3) is 4.35. The lowest BCUT2D eigenvalue weighted by Gasteiger charge is -2.25. The standard InChI is InChI=1S/C16H14Cl3NO5S/c1-24-15-6-3-10(17)7-14(15)20(9-16(21)25-2)26(22,23)11-4-5-12(18)13(19)8-11/h3-8H,9H2,1-2H3. The Morgan fingerprint density at radius 2 is 1.73 bits per heavy atom. The van der Waals surface area contributed by atoms with E-state index in [-0.39, 0.29) is 31.4 Å². The van der Waals surface area contributed by atoms with Gasteiger partial charge in [0.2, 0.25) is 0 Å². The lowest BCUT2D eigenvalue weighted by atomic mass is 10.3. The lowest BCUT2D eigenvalue weighted by molar-refractivity contribution is -0.138. The van der Waals surface area contributed by atoms with E-state index in [1.54, 1.807) is 0 Å². The number of methoxy groups -OCH3 is 2. The fraction of sp³-hybridized carbons (Fsp3) is 0.188. The number of sulfonamides is 1. The third-order valence-electron chi connectivity index (χ3n) is 3.39. The van der Waals surface area contributed by atoms with Crippen molar-refractivity contribution in [3.05, 3.63) is 51.5 Å². The first kappa shape index (κ1) is 20.6. The number of anilines is 1. The maximum Gasteiger partial charge on any atom is 0.326 e. The van der Waals surface area contributed by atoms with E-state index in [4.69, 9.17) is 39.5 Å². The van der Waals surface area contributed by atoms with Gasteiger partial charge in [-0.2, -0.15) is 0 Å². The second-order valence-corrected chi connectivity index (χ2v) is 8.09. The van der Waals surface area contributed by atoms with Gasteiger partial charge in [-0.25, -0.2) is 8.42 Å². The Hall–Kier alpha value is -1.67. The maximum absolute atomic E-state index is 13.1. The number of hydrogen-bond acceptors (Lipinski definition) is 5. The first-order chi connectivity index (χ1) is 12.2. The van der Waals surface area contributed by atoms with Crippen LogP contribution in [0.15, 0.2) is 41.3 Å². The van der Waals surface area contributed by atoms with E-state index in [0.29, 0.717) is 0 Å². The highest BCUT2D eigenvalue weighted by molar-refractivity contribution is 7.92. The molecule has 0 aliphatic rings. The Morgan fingerprint density at radius 3 is 2.31 bits per heavy atom. The zero-order valence-corrected chi connectivity index (χ0v) is 16.8. The molecule has 0 atom stereocenters. The van der Waals surface area contributed by atoms with Crippen molar-refractivity contribution >= 4 is 56.5 Å². The fourth-order valence-corrected chi connectivity index (χ4v) is 4.07. The molecule has 0 spiro atoms. The van der Waals surface area contributed by atoms with Crippen LogP contribution in [0.1, 0.15) is 0 Å². The second kappa shape index (κ2) is 8.35. The van der Waals surface area contributed by atoms with E-state index in [0.717, 1.165) is 11.4 Å². The summed E-state index contributed by atoms with van der Waals surface area (Å²) in [6, 6.07) is 8.23. The molecule has 2 aromatic carbocycles. The van der Waals surface area contributed by atoms with Crippen LogP contribution in [0.3, 0.4) is 0 Å². The smallest absolute Gasteiger partial charge is 0.326 e. The summed E-state index contributed by atoms with van der Waals surface area (Å²) in [6.07, 6.45) is 0. The quantitative estimate of drug-likeness (QED) is 0.637. The molecular weight excluding hydrogens is 425 g/mol. The number of carbonyl (C=O) groups excluding carboxylic acids is 1. The van der Waals surface area contributed by atoms with E-state index in [2.05, 4.69) is 4.74 Å². The molecule has 0 heterocycles. The van der Waals surface area contributed by atoms with Crippen molar-refractivity contribution in [3.63, 3.8) is 0 Å². The minimum atomic E-state index is -4.20. The summed E-state index contributed by atoms with van der Waals surface area (Å²) in [5.41, 5.74) is 0.0801. The van der Waals surface area contributed by atoms with Crippen molar-refractivity contribution in [2.24, 2.45) is 0 Å². The van der Waals surface area contributed by atoms with Crippen LogP contribution >= 0.6 is 34.8 Å². The van der Waals surface area contributed by atoms with Crippen molar-refractivity contribution < 1.29 is 22.7 Å². The van der Waals surface area contributed by atoms with Gasteiger partial charge < -0.3 is 9.47 Å². The summed E-state index contributed by atoms with van der Waals surface area (Å²) < 4.78 is 36.9. The van der Waals surface area contributed by atoms with Crippen LogP contribution < -0.4 is 9.04 Å². The molecule has 6 nitrogen and oxygen atoms in total. The molecule has 10 heteroatoms. The van der Waals surface area contributed by atoms with Crippen molar-refractivity contribution in [3.8, 4) is 5.75 Å². The molecule has 0 aliphatic heterocycles. The van der Waals surface area contributed by atoms with Gasteiger partial charge in [0.15, 0.2) is 0 Å². The van der Waals surface area contributed by atoms with Crippen molar-refractivity contribution in [1.29, 1.82) is 0 Å². The van der Waals surface area contributed by atoms with Crippen molar-refractivity contribution in [2.45, 2.75) is 4.90 Å². The average molecular weight is 439 g/mol. The van der Waals surface area contributed by atoms with Crippen LogP contribution in [0.25, 0.3) is 0 Å². The Kier molecular flexibility index (Phi) is 6.63. The topological polar surface area (TPSA) is 72.9 Å². The Labute approximate surface area is 166 Å². The number of nitrogens with zero attached hydrogens (tertiary/aromatic N) is 1. The molecule has 0 aromatic heterocycles. The SMILES string of the molecule is COC(=O)CN(c1cc(Cl)ccc1OC)S(=O)(=O)c1ccc(Cl)c(Cl)c1. The average Bonchev–Trinajstić information content (AvgIpc) is 2.61. The second-order valence-electron chi connectivity index (χ2n) is 4.98. The van der Waals surface area contributed by atoms with Gasteiger partial charge in [0.05, 0.1) is 34.8 Å². The van der Waals surface area contributed by atoms with Crippen LogP contribution in [-0.4, -0.2) is 35.2 Å². The summed E-state index contributed by atoms with van der Waals surface area (Å²) in [5.74, 6) is -0.558. The molecule has 26 heavy (non-hydrogen) atoms. The Bertz CT molecular complexity index is 933. The third-order valence-corrected chi connectivity index (χ3v) is 6.12. The van der Waals surface area contributed by atoms with Gasteiger partial charge >= 0.3 is 5.97 Å². The number of halogens is 3. The zero-order valence-electron chi connectivity index (χ0n) is 13.7. The Morgan fingerprint density at radius 1 is 1.04 bits per heavy atom. The molecule has 0 radical (unpaired) electrons. The van der Waals surface area contributed by atoms with E-state index in [1.165, 1.54) is 43.5 Å². The molecular formula is C16H14Cl3NO5S. The van der Waals surface area contributed by atoms with Crippen LogP contribution in [0.5, 0.6) is 5.75 Å². The van der Waals surface area contributed by atoms with E-state index in [1.807, 2.05) is 0 Å². The molecule has 2 rings (SSSR count). The largest absolute Gasteiger partial charge is 0.495 e. The number of ether oxygens (including phenoxy) is 2. The number of esters is 1. The van der Waals surface area contributed by atoms with Gasteiger partial charge in [-0.1, -0.05) is 34.8 Å². The molecule has 0 saturated heterocycles. The molecule has 140 valence electrons. The molecule has 0 amide bonds. The van der Waals surface area contributed by atoms with Gasteiger partial charge in [0, 0.05) is 5.02 Å². The van der Waals surface area contributed by atoms with E-state index >= 15 is 0 Å². The molecule has 0 fully saturated rings. The fourth-order valence-electron chi connectivity index (χ4n) is 2.10. The molecule has 0 aliphatic carbocycles. The van der Waals surface area contributed by atoms with E-state index in [9.17, 15) is 13.2 Å². The summed E-state index contributed by atoms with van der Waals surface area (Å²) >= 11 is 17.8. The van der Waals surface area contributed by atoms with Crippen LogP contribution in [-0.2, 0) is 19.6 Å². The maximum atomic E-state index is 13.1. The van der Waals surface area contributed by atoms with Gasteiger partial charge in [-0.3, -0.25) is 9.10 Å². The van der Waals surface area contributed by atoms with Crippen LogP contribution in [0.2, 0.25) is 15.1 Å². The number of rotatable bonds is 6. The highest BCUT2D eigenvalue weighted by atomic mass is 35.5. The lowest BCUT2D eigenvalue weighted by Crippen LogP contribution is -2.36. The number of benzene rings is 2. The van der Waals surface area contributed by atoms with Crippen LogP contribution in [0.4, 0.5) is 5.69 Å². The van der Waals surface area contributed by atoms with Gasteiger partial charge in [-0.15, -0.1) is 0 Å². The minimum Gasteiger partial charge on any atom is -0.495 e. The van der Waals surface area contributed by atoms with Gasteiger partial charge in [-0.05, 0) is 36.4 Å². The monoisotopic (exact) mass is 437 g/mol. The Balaban J connectivity index is 2.66. The van der Waals surface area contributed by atoms with Gasteiger partial charge in [0.25, 0.3) is 10.0 Å². The van der Waals surface area contributed by atoms with Crippen molar-refractivity contribution in [1.82, 2.24) is 0 Å². The van der Waals surface area contributed by atoms with Gasteiger partial charge in [0.1, 0.15) is 12.3 Å². The highest BCUT2D eigenvalue weighted by Gasteiger charge is 2.30. The van der Waals surface area contributed by atoms with Crippen LogP contribution in [0, 0.1) is 0 Å². The highest BCUT2D eigenvalue weighted by Crippen LogP contribution is 2.35. The first-order valence-electron chi connectivity index (χ1n) is 7.09. The summed E-state index contributed by atoms with van der Waals surface area (Å²) in [7, 11) is -1.67. The normalized spacial score (nSPS) is 11.1. The minimum absolute atomic E-state index is 0.0591. The summed E-state index contributed by atoms with van der Waals surface area (Å²) in [5, 5.41) is 0.522. The van der Waals surface area contributed by atoms with E-state index < -0.39 is 22.5 Å².